The number of carbonyl (C=O) groups is 2. The molecule has 1 aromatic heterocycles. The number of aryl methyl sites for hydroxylation is 1. The number of aromatic nitrogens is 4. The molecule has 0 radical (unpaired) electrons. The SMILES string of the molecule is CCCn1nnnc1CC(=O)NC(C)C(=O)O. The van der Waals surface area contributed by atoms with E-state index in [9.17, 15) is 9.59 Å². The summed E-state index contributed by atoms with van der Waals surface area (Å²) in [5, 5.41) is 21.9. The molecule has 1 rings (SSSR count). The number of nitrogens with zero attached hydrogens (tertiary/aromatic N) is 4. The number of tetrazole rings is 1. The second-order valence-electron chi connectivity index (χ2n) is 3.62. The van der Waals surface area contributed by atoms with E-state index in [1.165, 1.54) is 11.6 Å². The van der Waals surface area contributed by atoms with Crippen LogP contribution in [0.3, 0.4) is 0 Å². The van der Waals surface area contributed by atoms with E-state index in [-0.39, 0.29) is 6.42 Å². The van der Waals surface area contributed by atoms with Gasteiger partial charge in [-0.1, -0.05) is 6.92 Å². The van der Waals surface area contributed by atoms with Crippen molar-refractivity contribution >= 4 is 11.9 Å². The summed E-state index contributed by atoms with van der Waals surface area (Å²) >= 11 is 0. The fourth-order valence-electron chi connectivity index (χ4n) is 1.23. The van der Waals surface area contributed by atoms with E-state index in [2.05, 4.69) is 20.8 Å². The number of hydrogen-bond acceptors (Lipinski definition) is 5. The molecule has 1 heterocycles. The lowest BCUT2D eigenvalue weighted by atomic mass is 10.3. The first kappa shape index (κ1) is 13.1. The molecule has 8 nitrogen and oxygen atoms in total. The molecular weight excluding hydrogens is 226 g/mol. The van der Waals surface area contributed by atoms with Crippen LogP contribution in [0.5, 0.6) is 0 Å². The zero-order chi connectivity index (χ0) is 12.8. The highest BCUT2D eigenvalue weighted by Gasteiger charge is 2.16. The fraction of sp³-hybridized carbons (Fsp3) is 0.667. The lowest BCUT2D eigenvalue weighted by Crippen LogP contribution is -2.39. The van der Waals surface area contributed by atoms with Crippen LogP contribution in [0.15, 0.2) is 0 Å². The van der Waals surface area contributed by atoms with Crippen LogP contribution in [0.2, 0.25) is 0 Å². The zero-order valence-corrected chi connectivity index (χ0v) is 9.75. The molecule has 0 saturated carbocycles. The van der Waals surface area contributed by atoms with Crippen molar-refractivity contribution in [3.63, 3.8) is 0 Å². The summed E-state index contributed by atoms with van der Waals surface area (Å²) in [7, 11) is 0. The molecule has 0 saturated heterocycles. The van der Waals surface area contributed by atoms with Gasteiger partial charge in [0, 0.05) is 6.54 Å². The Morgan fingerprint density at radius 3 is 2.82 bits per heavy atom. The molecule has 0 aliphatic heterocycles. The zero-order valence-electron chi connectivity index (χ0n) is 9.75. The second-order valence-corrected chi connectivity index (χ2v) is 3.62. The number of carboxylic acid groups (broad SMARTS) is 1. The number of aliphatic carboxylic acids is 1. The highest BCUT2D eigenvalue weighted by molar-refractivity contribution is 5.84. The molecule has 1 amide bonds. The number of amides is 1. The van der Waals surface area contributed by atoms with Gasteiger partial charge in [-0.15, -0.1) is 5.10 Å². The molecule has 0 spiro atoms. The van der Waals surface area contributed by atoms with Gasteiger partial charge in [-0.2, -0.15) is 0 Å². The highest BCUT2D eigenvalue weighted by atomic mass is 16.4. The van der Waals surface area contributed by atoms with Gasteiger partial charge in [0.2, 0.25) is 5.91 Å². The average Bonchev–Trinajstić information content (AvgIpc) is 2.66. The first-order valence-electron chi connectivity index (χ1n) is 5.31. The minimum atomic E-state index is -1.08. The van der Waals surface area contributed by atoms with Crippen LogP contribution >= 0.6 is 0 Å². The van der Waals surface area contributed by atoms with Gasteiger partial charge >= 0.3 is 5.97 Å². The summed E-state index contributed by atoms with van der Waals surface area (Å²) in [5.74, 6) is -1.06. The monoisotopic (exact) mass is 241 g/mol. The first-order chi connectivity index (χ1) is 8.04. The number of carbonyl (C=O) groups excluding carboxylic acids is 1. The van der Waals surface area contributed by atoms with Gasteiger partial charge in [0.25, 0.3) is 0 Å². The maximum absolute atomic E-state index is 11.5. The molecule has 0 aromatic carbocycles. The van der Waals surface area contributed by atoms with Gasteiger partial charge < -0.3 is 10.4 Å². The minimum absolute atomic E-state index is 0.0232. The quantitative estimate of drug-likeness (QED) is 0.675. The van der Waals surface area contributed by atoms with Crippen molar-refractivity contribution in [2.24, 2.45) is 0 Å². The summed E-state index contributed by atoms with van der Waals surface area (Å²) in [5.41, 5.74) is 0. The Morgan fingerprint density at radius 2 is 2.24 bits per heavy atom. The van der Waals surface area contributed by atoms with E-state index in [1.54, 1.807) is 0 Å². The molecule has 0 fully saturated rings. The van der Waals surface area contributed by atoms with Gasteiger partial charge in [-0.25, -0.2) is 4.68 Å². The van der Waals surface area contributed by atoms with Gasteiger partial charge in [0.15, 0.2) is 5.82 Å². The van der Waals surface area contributed by atoms with Crippen molar-refractivity contribution in [1.82, 2.24) is 25.5 Å². The van der Waals surface area contributed by atoms with Crippen molar-refractivity contribution in [1.29, 1.82) is 0 Å². The molecule has 8 heteroatoms. The fourth-order valence-corrected chi connectivity index (χ4v) is 1.23. The van der Waals surface area contributed by atoms with Crippen molar-refractivity contribution in [2.75, 3.05) is 0 Å². The Kier molecular flexibility index (Phi) is 4.56. The molecule has 1 unspecified atom stereocenters. The summed E-state index contributed by atoms with van der Waals surface area (Å²) in [6.45, 7) is 4.00. The summed E-state index contributed by atoms with van der Waals surface area (Å²) in [6.07, 6.45) is 0.829. The molecule has 17 heavy (non-hydrogen) atoms. The topological polar surface area (TPSA) is 110 Å². The van der Waals surface area contributed by atoms with E-state index in [1.807, 2.05) is 6.92 Å². The standard InChI is InChI=1S/C9H15N5O3/c1-3-4-14-7(11-12-13-14)5-8(15)10-6(2)9(16)17/h6H,3-5H2,1-2H3,(H,10,15)(H,16,17). The number of rotatable bonds is 6. The maximum Gasteiger partial charge on any atom is 0.325 e. The molecular formula is C9H15N5O3. The van der Waals surface area contributed by atoms with E-state index >= 15 is 0 Å². The normalized spacial score (nSPS) is 12.1. The summed E-state index contributed by atoms with van der Waals surface area (Å²) in [6, 6.07) is -0.919. The molecule has 1 aromatic rings. The van der Waals surface area contributed by atoms with Crippen molar-refractivity contribution in [2.45, 2.75) is 39.3 Å². The van der Waals surface area contributed by atoms with E-state index in [0.717, 1.165) is 6.42 Å². The largest absolute Gasteiger partial charge is 0.480 e. The molecule has 0 aliphatic rings. The van der Waals surface area contributed by atoms with E-state index in [4.69, 9.17) is 5.11 Å². The van der Waals surface area contributed by atoms with Crippen molar-refractivity contribution < 1.29 is 14.7 Å². The highest BCUT2D eigenvalue weighted by Crippen LogP contribution is 1.96. The maximum atomic E-state index is 11.5. The van der Waals surface area contributed by atoms with Crippen molar-refractivity contribution in [3.8, 4) is 0 Å². The predicted molar refractivity (Wildman–Crippen MR) is 57.1 cm³/mol. The Bertz CT molecular complexity index is 403. The van der Waals surface area contributed by atoms with Crippen LogP contribution in [0, 0.1) is 0 Å². The van der Waals surface area contributed by atoms with Gasteiger partial charge in [-0.3, -0.25) is 9.59 Å². The lowest BCUT2D eigenvalue weighted by Gasteiger charge is -2.08. The second kappa shape index (κ2) is 5.92. The van der Waals surface area contributed by atoms with E-state index in [0.29, 0.717) is 12.4 Å². The van der Waals surface area contributed by atoms with Crippen LogP contribution in [0.4, 0.5) is 0 Å². The predicted octanol–water partition coefficient (Wildman–Crippen LogP) is -0.785. The average molecular weight is 241 g/mol. The smallest absolute Gasteiger partial charge is 0.325 e. The number of hydrogen-bond donors (Lipinski definition) is 2. The molecule has 0 aliphatic carbocycles. The molecule has 0 bridgehead atoms. The molecule has 94 valence electrons. The van der Waals surface area contributed by atoms with Gasteiger partial charge in [-0.05, 0) is 23.8 Å². The summed E-state index contributed by atoms with van der Waals surface area (Å²) in [4.78, 5) is 22.0. The van der Waals surface area contributed by atoms with Crippen LogP contribution in [0.1, 0.15) is 26.1 Å². The Hall–Kier alpha value is -1.99. The number of nitrogens with one attached hydrogen (secondary N) is 1. The Balaban J connectivity index is 2.55. The lowest BCUT2D eigenvalue weighted by molar-refractivity contribution is -0.141. The Labute approximate surface area is 98.0 Å². The van der Waals surface area contributed by atoms with Crippen LogP contribution in [-0.4, -0.2) is 43.2 Å². The van der Waals surface area contributed by atoms with Crippen LogP contribution in [-0.2, 0) is 22.6 Å². The van der Waals surface area contributed by atoms with Gasteiger partial charge in [0.05, 0.1) is 6.42 Å². The summed E-state index contributed by atoms with van der Waals surface area (Å²) < 4.78 is 1.53. The third-order valence-corrected chi connectivity index (χ3v) is 2.11. The molecule has 2 N–H and O–H groups in total. The third-order valence-electron chi connectivity index (χ3n) is 2.11. The van der Waals surface area contributed by atoms with E-state index < -0.39 is 17.9 Å². The third kappa shape index (κ3) is 3.82. The first-order valence-corrected chi connectivity index (χ1v) is 5.31. The van der Waals surface area contributed by atoms with Crippen LogP contribution < -0.4 is 5.32 Å². The minimum Gasteiger partial charge on any atom is -0.480 e. The van der Waals surface area contributed by atoms with Crippen molar-refractivity contribution in [3.05, 3.63) is 5.82 Å². The van der Waals surface area contributed by atoms with Gasteiger partial charge in [0.1, 0.15) is 6.04 Å². The van der Waals surface area contributed by atoms with Crippen LogP contribution in [0.25, 0.3) is 0 Å². The number of carboxylic acids is 1. The Morgan fingerprint density at radius 1 is 1.53 bits per heavy atom. The molecule has 1 atom stereocenters.